The van der Waals surface area contributed by atoms with Crippen LogP contribution in [0, 0.1) is 6.92 Å². The van der Waals surface area contributed by atoms with E-state index >= 15 is 0 Å². The standard InChI is InChI=1S/C27H34N4O3/c1-17-23(8-5-9-24(17)34-2)27(33)30-20-14-21-11-12-22(15-20)31(21)25-13-10-18(16-28-25)26(32)29-19-6-3-4-7-19/h5,8-10,13,16,19-22H,3-4,6-7,11-12,14-15H2,1-2H3,(H,29,32)(H,30,33)/t20?,21-,22+. The average molecular weight is 463 g/mol. The van der Waals surface area contributed by atoms with E-state index in [1.165, 1.54) is 12.8 Å². The second-order valence-electron chi connectivity index (χ2n) is 9.93. The number of anilines is 1. The van der Waals surface area contributed by atoms with Gasteiger partial charge in [0.2, 0.25) is 0 Å². The van der Waals surface area contributed by atoms with E-state index in [-0.39, 0.29) is 17.9 Å². The number of carbonyl (C=O) groups is 2. The quantitative estimate of drug-likeness (QED) is 0.678. The summed E-state index contributed by atoms with van der Waals surface area (Å²) in [4.78, 5) is 32.6. The van der Waals surface area contributed by atoms with E-state index < -0.39 is 0 Å². The smallest absolute Gasteiger partial charge is 0.253 e. The predicted octanol–water partition coefficient (Wildman–Crippen LogP) is 4.00. The number of benzene rings is 1. The lowest BCUT2D eigenvalue weighted by atomic mass is 9.96. The van der Waals surface area contributed by atoms with Crippen LogP contribution in [0.2, 0.25) is 0 Å². The number of fused-ring (bicyclic) bond motifs is 2. The molecule has 2 aliphatic heterocycles. The predicted molar refractivity (Wildman–Crippen MR) is 131 cm³/mol. The number of hydrogen-bond acceptors (Lipinski definition) is 5. The molecule has 34 heavy (non-hydrogen) atoms. The third-order valence-electron chi connectivity index (χ3n) is 7.78. The van der Waals surface area contributed by atoms with Crippen LogP contribution in [0.3, 0.4) is 0 Å². The lowest BCUT2D eigenvalue weighted by molar-refractivity contribution is 0.0922. The van der Waals surface area contributed by atoms with Gasteiger partial charge in [0.25, 0.3) is 11.8 Å². The van der Waals surface area contributed by atoms with Crippen LogP contribution >= 0.6 is 0 Å². The average Bonchev–Trinajstić information content (AvgIpc) is 3.44. The lowest BCUT2D eigenvalue weighted by Crippen LogP contribution is -2.50. The first-order valence-corrected chi connectivity index (χ1v) is 12.5. The first-order chi connectivity index (χ1) is 16.5. The topological polar surface area (TPSA) is 83.6 Å². The van der Waals surface area contributed by atoms with Crippen LogP contribution in [0.5, 0.6) is 5.75 Å². The van der Waals surface area contributed by atoms with Crippen molar-refractivity contribution in [3.8, 4) is 5.75 Å². The molecule has 1 aromatic heterocycles. The molecule has 2 N–H and O–H groups in total. The Balaban J connectivity index is 1.22. The Hall–Kier alpha value is -3.09. The summed E-state index contributed by atoms with van der Waals surface area (Å²) in [5, 5.41) is 6.40. The zero-order valence-corrected chi connectivity index (χ0v) is 20.0. The van der Waals surface area contributed by atoms with E-state index in [1.807, 2.05) is 37.3 Å². The van der Waals surface area contributed by atoms with Gasteiger partial charge in [-0.05, 0) is 69.7 Å². The van der Waals surface area contributed by atoms with Crippen LogP contribution in [0.1, 0.15) is 77.6 Å². The van der Waals surface area contributed by atoms with Crippen molar-refractivity contribution in [2.24, 2.45) is 0 Å². The summed E-state index contributed by atoms with van der Waals surface area (Å²) < 4.78 is 5.37. The van der Waals surface area contributed by atoms with Crippen molar-refractivity contribution in [1.82, 2.24) is 15.6 Å². The molecular formula is C27H34N4O3. The van der Waals surface area contributed by atoms with E-state index in [9.17, 15) is 9.59 Å². The van der Waals surface area contributed by atoms with Crippen molar-refractivity contribution in [3.05, 3.63) is 53.2 Å². The zero-order valence-electron chi connectivity index (χ0n) is 20.0. The fourth-order valence-corrected chi connectivity index (χ4v) is 6.03. The van der Waals surface area contributed by atoms with E-state index in [0.29, 0.717) is 29.3 Å². The van der Waals surface area contributed by atoms with E-state index in [2.05, 4.69) is 20.5 Å². The summed E-state index contributed by atoms with van der Waals surface area (Å²) in [6.07, 6.45) is 10.2. The molecule has 0 spiro atoms. The number of piperidine rings is 1. The van der Waals surface area contributed by atoms with Crippen LogP contribution in [0.25, 0.3) is 0 Å². The first kappa shape index (κ1) is 22.7. The SMILES string of the molecule is COc1cccc(C(=O)NC2C[C@H]3CC[C@@H](C2)N3c2ccc(C(=O)NC3CCCC3)cn2)c1C. The summed E-state index contributed by atoms with van der Waals surface area (Å²) in [5.41, 5.74) is 2.16. The highest BCUT2D eigenvalue weighted by atomic mass is 16.5. The monoisotopic (exact) mass is 462 g/mol. The molecular weight excluding hydrogens is 428 g/mol. The van der Waals surface area contributed by atoms with Gasteiger partial charge in [0.1, 0.15) is 11.6 Å². The van der Waals surface area contributed by atoms with E-state index in [4.69, 9.17) is 4.74 Å². The van der Waals surface area contributed by atoms with Crippen LogP contribution in [0.15, 0.2) is 36.5 Å². The Morgan fingerprint density at radius 1 is 0.941 bits per heavy atom. The molecule has 1 saturated carbocycles. The molecule has 2 bridgehead atoms. The Kier molecular flexibility index (Phi) is 6.44. The zero-order chi connectivity index (χ0) is 23.7. The molecule has 0 radical (unpaired) electrons. The molecule has 3 heterocycles. The number of pyridine rings is 1. The number of carbonyl (C=O) groups excluding carboxylic acids is 2. The van der Waals surface area contributed by atoms with Crippen LogP contribution in [0.4, 0.5) is 5.82 Å². The molecule has 2 aromatic rings. The molecule has 1 unspecified atom stereocenters. The Labute approximate surface area is 201 Å². The molecule has 5 rings (SSSR count). The van der Waals surface area contributed by atoms with Gasteiger partial charge in [0.15, 0.2) is 0 Å². The molecule has 3 fully saturated rings. The van der Waals surface area contributed by atoms with Gasteiger partial charge < -0.3 is 20.3 Å². The molecule has 7 nitrogen and oxygen atoms in total. The van der Waals surface area contributed by atoms with E-state index in [1.54, 1.807) is 13.3 Å². The normalized spacial score (nSPS) is 24.2. The molecule has 2 amide bonds. The van der Waals surface area contributed by atoms with Gasteiger partial charge in [0, 0.05) is 41.5 Å². The molecule has 3 aliphatic rings. The molecule has 7 heteroatoms. The summed E-state index contributed by atoms with van der Waals surface area (Å²) in [6, 6.07) is 10.6. The van der Waals surface area contributed by atoms with Gasteiger partial charge in [-0.2, -0.15) is 0 Å². The minimum atomic E-state index is -0.0370. The Bertz CT molecular complexity index is 1030. The maximum atomic E-state index is 13.0. The van der Waals surface area contributed by atoms with Crippen LogP contribution in [-0.4, -0.2) is 48.1 Å². The summed E-state index contributed by atoms with van der Waals surface area (Å²) >= 11 is 0. The summed E-state index contributed by atoms with van der Waals surface area (Å²) in [7, 11) is 1.63. The van der Waals surface area contributed by atoms with Crippen molar-refractivity contribution in [3.63, 3.8) is 0 Å². The van der Waals surface area contributed by atoms with Crippen molar-refractivity contribution in [2.45, 2.75) is 82.5 Å². The highest BCUT2D eigenvalue weighted by Gasteiger charge is 2.42. The van der Waals surface area contributed by atoms with Gasteiger partial charge >= 0.3 is 0 Å². The third-order valence-corrected chi connectivity index (χ3v) is 7.78. The fourth-order valence-electron chi connectivity index (χ4n) is 6.03. The molecule has 3 atom stereocenters. The Morgan fingerprint density at radius 2 is 1.65 bits per heavy atom. The van der Waals surface area contributed by atoms with Crippen LogP contribution in [-0.2, 0) is 0 Å². The summed E-state index contributed by atoms with van der Waals surface area (Å²) in [5.74, 6) is 1.60. The Morgan fingerprint density at radius 3 is 2.29 bits per heavy atom. The number of nitrogens with zero attached hydrogens (tertiary/aromatic N) is 2. The van der Waals surface area contributed by atoms with Gasteiger partial charge in [-0.15, -0.1) is 0 Å². The number of methoxy groups -OCH3 is 1. The second kappa shape index (κ2) is 9.65. The van der Waals surface area contributed by atoms with Crippen molar-refractivity contribution in [1.29, 1.82) is 0 Å². The van der Waals surface area contributed by atoms with Crippen LogP contribution < -0.4 is 20.3 Å². The number of amides is 2. The minimum Gasteiger partial charge on any atom is -0.496 e. The number of nitrogens with one attached hydrogen (secondary N) is 2. The maximum Gasteiger partial charge on any atom is 0.253 e. The third kappa shape index (κ3) is 4.48. The molecule has 1 aliphatic carbocycles. The number of ether oxygens (including phenoxy) is 1. The fraction of sp³-hybridized carbons (Fsp3) is 0.519. The molecule has 1 aromatic carbocycles. The lowest BCUT2D eigenvalue weighted by Gasteiger charge is -2.40. The van der Waals surface area contributed by atoms with Crippen molar-refractivity contribution < 1.29 is 14.3 Å². The minimum absolute atomic E-state index is 0.0248. The number of aromatic nitrogens is 1. The number of hydrogen-bond donors (Lipinski definition) is 2. The molecule has 2 saturated heterocycles. The molecule has 180 valence electrons. The van der Waals surface area contributed by atoms with Gasteiger partial charge in [-0.1, -0.05) is 18.9 Å². The number of rotatable bonds is 6. The van der Waals surface area contributed by atoms with Gasteiger partial charge in [0.05, 0.1) is 12.7 Å². The van der Waals surface area contributed by atoms with Gasteiger partial charge in [-0.3, -0.25) is 9.59 Å². The summed E-state index contributed by atoms with van der Waals surface area (Å²) in [6.45, 7) is 1.92. The van der Waals surface area contributed by atoms with E-state index in [0.717, 1.165) is 55.7 Å². The largest absolute Gasteiger partial charge is 0.496 e. The second-order valence-corrected chi connectivity index (χ2v) is 9.93. The van der Waals surface area contributed by atoms with Crippen molar-refractivity contribution >= 4 is 17.6 Å². The highest BCUT2D eigenvalue weighted by molar-refractivity contribution is 5.96. The van der Waals surface area contributed by atoms with Crippen molar-refractivity contribution in [2.75, 3.05) is 12.0 Å². The van der Waals surface area contributed by atoms with Gasteiger partial charge in [-0.25, -0.2) is 4.98 Å². The maximum absolute atomic E-state index is 13.0. The first-order valence-electron chi connectivity index (χ1n) is 12.5. The highest BCUT2D eigenvalue weighted by Crippen LogP contribution is 2.38.